The summed E-state index contributed by atoms with van der Waals surface area (Å²) in [6.07, 6.45) is 57.0. The number of aliphatic hydroxyl groups excluding tert-OH is 1. The number of aliphatic hydroxyl groups is 1. The minimum Gasteiger partial charge on any atom is -0.462 e. The molecule has 0 heterocycles. The van der Waals surface area contributed by atoms with Crippen LogP contribution in [0.4, 0.5) is 0 Å². The highest BCUT2D eigenvalue weighted by atomic mass is 31.2. The molecule has 0 saturated heterocycles. The number of esters is 4. The maximum absolute atomic E-state index is 13.1. The van der Waals surface area contributed by atoms with Gasteiger partial charge in [-0.1, -0.05) is 364 Å². The average molecular weight is 1470 g/mol. The Hall–Kier alpha value is -1.94. The topological polar surface area (TPSA) is 237 Å². The summed E-state index contributed by atoms with van der Waals surface area (Å²) in [5, 5.41) is 10.6. The van der Waals surface area contributed by atoms with Crippen molar-refractivity contribution in [2.75, 3.05) is 39.6 Å². The number of ether oxygens (including phenoxy) is 4. The van der Waals surface area contributed by atoms with E-state index in [4.69, 9.17) is 37.0 Å². The van der Waals surface area contributed by atoms with Crippen molar-refractivity contribution in [2.45, 2.75) is 433 Å². The van der Waals surface area contributed by atoms with Crippen LogP contribution in [0.25, 0.3) is 0 Å². The van der Waals surface area contributed by atoms with Crippen LogP contribution in [0.1, 0.15) is 415 Å². The zero-order chi connectivity index (χ0) is 73.8. The monoisotopic (exact) mass is 1470 g/mol. The van der Waals surface area contributed by atoms with E-state index < -0.39 is 97.5 Å². The third kappa shape index (κ3) is 73.0. The summed E-state index contributed by atoms with van der Waals surface area (Å²) >= 11 is 0. The van der Waals surface area contributed by atoms with Crippen molar-refractivity contribution in [3.63, 3.8) is 0 Å². The first kappa shape index (κ1) is 98.1. The summed E-state index contributed by atoms with van der Waals surface area (Å²) in [5.74, 6) is 0.997. The summed E-state index contributed by atoms with van der Waals surface area (Å²) in [6, 6.07) is 0. The van der Waals surface area contributed by atoms with E-state index in [1.165, 1.54) is 218 Å². The Labute approximate surface area is 613 Å². The third-order valence-electron chi connectivity index (χ3n) is 19.2. The molecular weight excluding hydrogens is 1310 g/mol. The number of hydrogen-bond acceptors (Lipinski definition) is 15. The second kappa shape index (κ2) is 70.1. The molecule has 0 aromatic heterocycles. The smallest absolute Gasteiger partial charge is 0.462 e. The molecule has 0 fully saturated rings. The van der Waals surface area contributed by atoms with E-state index in [1.54, 1.807) is 0 Å². The molecule has 6 atom stereocenters. The van der Waals surface area contributed by atoms with E-state index in [1.807, 2.05) is 0 Å². The molecule has 0 aliphatic carbocycles. The molecule has 0 spiro atoms. The molecule has 100 heavy (non-hydrogen) atoms. The Morgan fingerprint density at radius 2 is 0.480 bits per heavy atom. The van der Waals surface area contributed by atoms with Crippen molar-refractivity contribution in [3.05, 3.63) is 0 Å². The van der Waals surface area contributed by atoms with Gasteiger partial charge in [-0.15, -0.1) is 0 Å². The maximum atomic E-state index is 13.1. The van der Waals surface area contributed by atoms with Gasteiger partial charge in [-0.3, -0.25) is 37.3 Å². The molecule has 594 valence electrons. The van der Waals surface area contributed by atoms with Gasteiger partial charge in [0, 0.05) is 25.7 Å². The van der Waals surface area contributed by atoms with Gasteiger partial charge in [-0.2, -0.15) is 0 Å². The number of hydrogen-bond donors (Lipinski definition) is 3. The third-order valence-corrected chi connectivity index (χ3v) is 21.1. The quantitative estimate of drug-likeness (QED) is 0.0222. The Kier molecular flexibility index (Phi) is 68.7. The molecule has 0 radical (unpaired) electrons. The summed E-state index contributed by atoms with van der Waals surface area (Å²) in [6.45, 7) is 14.3. The Morgan fingerprint density at radius 1 is 0.280 bits per heavy atom. The normalized spacial score (nSPS) is 14.3. The molecule has 0 aromatic rings. The van der Waals surface area contributed by atoms with Crippen molar-refractivity contribution in [2.24, 2.45) is 23.7 Å². The molecule has 19 heteroatoms. The zero-order valence-electron chi connectivity index (χ0n) is 65.8. The lowest BCUT2D eigenvalue weighted by molar-refractivity contribution is -0.161. The van der Waals surface area contributed by atoms with E-state index >= 15 is 0 Å². The number of rotatable bonds is 78. The van der Waals surface area contributed by atoms with Crippen LogP contribution >= 0.6 is 15.6 Å². The lowest BCUT2D eigenvalue weighted by Crippen LogP contribution is -2.30. The average Bonchev–Trinajstić information content (AvgIpc) is 1.03. The Balaban J connectivity index is 5.20. The first-order valence-corrected chi connectivity index (χ1v) is 44.7. The molecule has 0 amide bonds. The maximum Gasteiger partial charge on any atom is 0.472 e. The molecule has 0 aliphatic heterocycles. The van der Waals surface area contributed by atoms with Crippen LogP contribution in [0.5, 0.6) is 0 Å². The molecular formula is C81H158O17P2. The van der Waals surface area contributed by atoms with Gasteiger partial charge in [0.2, 0.25) is 0 Å². The van der Waals surface area contributed by atoms with Crippen LogP contribution in [0.15, 0.2) is 0 Å². The van der Waals surface area contributed by atoms with Gasteiger partial charge in [0.25, 0.3) is 0 Å². The van der Waals surface area contributed by atoms with Gasteiger partial charge in [0.1, 0.15) is 19.3 Å². The Bertz CT molecular complexity index is 1960. The standard InChI is InChI=1S/C81H158O17P2/c1-9-74(8)60-52-44-36-27-21-16-14-12-10-11-13-15-17-22-28-37-45-53-61-78(83)91-67-76(97-80(85)63-55-47-39-29-23-19-18-20-25-33-41-49-57-71(2)3)69-95-99(87,88)93-65-75(82)66-94-100(89,90)96-70-77(68-92-79(84)62-54-46-38-32-31-35-43-51-59-73(6)7)98-81(86)64-56-48-40-30-24-26-34-42-50-58-72(4)5/h71-77,82H,9-70H2,1-8H3,(H,87,88)(H,89,90)/t74?,75?,76-,77-/m1/s1. The van der Waals surface area contributed by atoms with Crippen molar-refractivity contribution >= 4 is 39.5 Å². The number of phosphoric acid groups is 2. The second-order valence-corrected chi connectivity index (χ2v) is 33.7. The van der Waals surface area contributed by atoms with Crippen molar-refractivity contribution in [3.8, 4) is 0 Å². The van der Waals surface area contributed by atoms with E-state index in [0.29, 0.717) is 25.7 Å². The van der Waals surface area contributed by atoms with Gasteiger partial charge in [-0.25, -0.2) is 9.13 Å². The highest BCUT2D eigenvalue weighted by molar-refractivity contribution is 7.47. The van der Waals surface area contributed by atoms with E-state index in [2.05, 4.69) is 55.4 Å². The number of phosphoric ester groups is 2. The lowest BCUT2D eigenvalue weighted by Gasteiger charge is -2.21. The zero-order valence-corrected chi connectivity index (χ0v) is 67.6. The molecule has 0 saturated carbocycles. The minimum atomic E-state index is -4.96. The fourth-order valence-corrected chi connectivity index (χ4v) is 14.0. The van der Waals surface area contributed by atoms with Gasteiger partial charge >= 0.3 is 39.5 Å². The molecule has 17 nitrogen and oxygen atoms in total. The first-order valence-electron chi connectivity index (χ1n) is 41.7. The highest BCUT2D eigenvalue weighted by Gasteiger charge is 2.30. The van der Waals surface area contributed by atoms with E-state index in [-0.39, 0.29) is 25.7 Å². The van der Waals surface area contributed by atoms with Gasteiger partial charge in [0.05, 0.1) is 26.4 Å². The van der Waals surface area contributed by atoms with Crippen LogP contribution in [0, 0.1) is 23.7 Å². The summed E-state index contributed by atoms with van der Waals surface area (Å²) in [4.78, 5) is 73.0. The fraction of sp³-hybridized carbons (Fsp3) is 0.951. The largest absolute Gasteiger partial charge is 0.472 e. The minimum absolute atomic E-state index is 0.105. The molecule has 0 rings (SSSR count). The SMILES string of the molecule is CCC(C)CCCCCCCCCCCCCCCCCCCCC(=O)OC[C@H](COP(=O)(O)OCC(O)COP(=O)(O)OC[C@@H](COC(=O)CCCCCCCCCCC(C)C)OC(=O)CCCCCCCCCCCC(C)C)OC(=O)CCCCCCCCCCCCCCC(C)C. The predicted molar refractivity (Wildman–Crippen MR) is 409 cm³/mol. The summed E-state index contributed by atoms with van der Waals surface area (Å²) in [5.41, 5.74) is 0. The lowest BCUT2D eigenvalue weighted by atomic mass is 9.99. The molecule has 0 bridgehead atoms. The first-order chi connectivity index (χ1) is 48.1. The van der Waals surface area contributed by atoms with E-state index in [0.717, 1.165) is 114 Å². The molecule has 0 aromatic carbocycles. The molecule has 3 N–H and O–H groups in total. The summed E-state index contributed by atoms with van der Waals surface area (Å²) < 4.78 is 68.7. The van der Waals surface area contributed by atoms with Crippen LogP contribution in [0.2, 0.25) is 0 Å². The predicted octanol–water partition coefficient (Wildman–Crippen LogP) is 24.0. The van der Waals surface area contributed by atoms with Gasteiger partial charge in [0.15, 0.2) is 12.2 Å². The molecule has 4 unspecified atom stereocenters. The number of carbonyl (C=O) groups excluding carboxylic acids is 4. The summed E-state index contributed by atoms with van der Waals surface area (Å²) in [7, 11) is -9.92. The van der Waals surface area contributed by atoms with E-state index in [9.17, 15) is 43.2 Å². The van der Waals surface area contributed by atoms with Gasteiger partial charge in [-0.05, 0) is 49.4 Å². The van der Waals surface area contributed by atoms with Crippen LogP contribution in [-0.4, -0.2) is 96.7 Å². The fourth-order valence-electron chi connectivity index (χ4n) is 12.4. The highest BCUT2D eigenvalue weighted by Crippen LogP contribution is 2.45. The van der Waals surface area contributed by atoms with Gasteiger partial charge < -0.3 is 33.8 Å². The van der Waals surface area contributed by atoms with Crippen molar-refractivity contribution in [1.82, 2.24) is 0 Å². The number of unbranched alkanes of at least 4 members (excludes halogenated alkanes) is 43. The van der Waals surface area contributed by atoms with Crippen molar-refractivity contribution in [1.29, 1.82) is 0 Å². The van der Waals surface area contributed by atoms with Crippen LogP contribution in [-0.2, 0) is 65.4 Å². The van der Waals surface area contributed by atoms with Crippen molar-refractivity contribution < 1.29 is 80.2 Å². The molecule has 0 aliphatic rings. The number of carbonyl (C=O) groups is 4. The van der Waals surface area contributed by atoms with Crippen LogP contribution < -0.4 is 0 Å². The van der Waals surface area contributed by atoms with Crippen LogP contribution in [0.3, 0.4) is 0 Å². The Morgan fingerprint density at radius 3 is 0.710 bits per heavy atom. The second-order valence-electron chi connectivity index (χ2n) is 30.8.